The Morgan fingerprint density at radius 2 is 2.02 bits per heavy atom. The van der Waals surface area contributed by atoms with E-state index < -0.39 is 45.5 Å². The lowest BCUT2D eigenvalue weighted by atomic mass is 9.94. The molecule has 9 nitrogen and oxygen atoms in total. The topological polar surface area (TPSA) is 98.9 Å². The van der Waals surface area contributed by atoms with Crippen molar-refractivity contribution in [2.24, 2.45) is 5.92 Å². The summed E-state index contributed by atoms with van der Waals surface area (Å²) >= 11 is 6.00. The third-order valence-corrected chi connectivity index (χ3v) is 9.59. The summed E-state index contributed by atoms with van der Waals surface area (Å²) in [6.07, 6.45) is -3.37. The lowest BCUT2D eigenvalue weighted by Gasteiger charge is -2.40. The van der Waals surface area contributed by atoms with Crippen molar-refractivity contribution in [3.05, 3.63) is 28.5 Å². The summed E-state index contributed by atoms with van der Waals surface area (Å²) in [5, 5.41) is -0.602. The first-order valence-electron chi connectivity index (χ1n) is 14.5. The molecular weight excluding hydrogens is 611 g/mol. The Bertz CT molecular complexity index is 1630. The largest absolute Gasteiger partial charge is 0.477 e. The Morgan fingerprint density at radius 3 is 2.82 bits per heavy atom. The van der Waals surface area contributed by atoms with Crippen LogP contribution in [-0.2, 0) is 10.9 Å². The van der Waals surface area contributed by atoms with E-state index in [0.29, 0.717) is 32.6 Å². The van der Waals surface area contributed by atoms with E-state index in [1.807, 2.05) is 4.90 Å². The van der Waals surface area contributed by atoms with Crippen molar-refractivity contribution in [3.63, 3.8) is 0 Å². The molecule has 0 radical (unpaired) electrons. The van der Waals surface area contributed by atoms with E-state index in [9.17, 15) is 17.6 Å². The zero-order valence-corrected chi connectivity index (χ0v) is 24.5. The van der Waals surface area contributed by atoms with Crippen LogP contribution in [0.5, 0.6) is 11.9 Å². The normalized spacial score (nSPS) is 27.1. The average molecular weight is 641 g/mol. The molecule has 0 spiro atoms. The number of anilines is 2. The van der Waals surface area contributed by atoms with Gasteiger partial charge in [-0.25, -0.2) is 13.8 Å². The highest BCUT2D eigenvalue weighted by molar-refractivity contribution is 6.32. The number of nitrogen functional groups attached to an aromatic ring is 1. The molecule has 4 atom stereocenters. The van der Waals surface area contributed by atoms with Gasteiger partial charge >= 0.3 is 12.2 Å². The van der Waals surface area contributed by atoms with Gasteiger partial charge in [-0.15, -0.1) is 0 Å². The minimum Gasteiger partial charge on any atom is -0.477 e. The molecule has 2 unspecified atom stereocenters. The van der Waals surface area contributed by atoms with E-state index in [1.54, 1.807) is 7.05 Å². The SMILES string of the molecule is CN1c2nc(OC[C@@]34CCCN3C[C@H](F)C4)nc3c(F)c(-c4cc(N)cc(Cl)c4C(F)(F)F)nc(c23)OCC2COCCC21. The first kappa shape index (κ1) is 29.5. The van der Waals surface area contributed by atoms with Crippen molar-refractivity contribution >= 4 is 34.0 Å². The molecule has 0 amide bonds. The molecule has 2 N–H and O–H groups in total. The maximum absolute atomic E-state index is 16.6. The van der Waals surface area contributed by atoms with E-state index in [-0.39, 0.29) is 59.5 Å². The number of alkyl halides is 4. The van der Waals surface area contributed by atoms with Crippen molar-refractivity contribution in [2.45, 2.75) is 49.6 Å². The summed E-state index contributed by atoms with van der Waals surface area (Å²) in [5.74, 6) is -1.16. The highest BCUT2D eigenvalue weighted by atomic mass is 35.5. The van der Waals surface area contributed by atoms with Crippen LogP contribution in [0.15, 0.2) is 12.1 Å². The number of hydrogen-bond donors (Lipinski definition) is 1. The standard InChI is InChI=1S/C29H30ClF5N6O3/c1-40-19-3-6-42-11-14(19)12-43-26-20-24(22(32)23(37-26)17-7-16(36)8-18(30)21(17)29(33,34)35)38-27(39-25(20)40)44-13-28-4-2-5-41(28)10-15(31)9-28/h7-8,14-15,19H,2-6,9-13,36H2,1H3/t14?,15-,19?,28+/m1/s1. The van der Waals surface area contributed by atoms with E-state index >= 15 is 4.39 Å². The van der Waals surface area contributed by atoms with Gasteiger partial charge < -0.3 is 24.8 Å². The minimum absolute atomic E-state index is 0.0773. The van der Waals surface area contributed by atoms with Crippen molar-refractivity contribution in [1.29, 1.82) is 0 Å². The maximum atomic E-state index is 16.6. The Balaban J connectivity index is 1.42. The zero-order chi connectivity index (χ0) is 31.0. The van der Waals surface area contributed by atoms with Crippen LogP contribution in [-0.4, -0.2) is 84.2 Å². The number of ether oxygens (including phenoxy) is 3. The van der Waals surface area contributed by atoms with Crippen LogP contribution in [0.1, 0.15) is 31.2 Å². The second kappa shape index (κ2) is 10.7. The van der Waals surface area contributed by atoms with Gasteiger partial charge in [0, 0.05) is 49.8 Å². The van der Waals surface area contributed by atoms with Crippen molar-refractivity contribution in [2.75, 3.05) is 57.2 Å². The molecule has 0 bridgehead atoms. The summed E-state index contributed by atoms with van der Waals surface area (Å²) < 4.78 is 91.5. The van der Waals surface area contributed by atoms with E-state index in [4.69, 9.17) is 31.5 Å². The van der Waals surface area contributed by atoms with Gasteiger partial charge in [0.25, 0.3) is 0 Å². The summed E-state index contributed by atoms with van der Waals surface area (Å²) in [6.45, 7) is 2.13. The molecular formula is C29H30ClF5N6O3. The number of pyridine rings is 1. The fraction of sp³-hybridized carbons (Fsp3) is 0.552. The fourth-order valence-corrected chi connectivity index (χ4v) is 7.59. The van der Waals surface area contributed by atoms with Gasteiger partial charge in [-0.05, 0) is 37.9 Å². The number of hydrogen-bond acceptors (Lipinski definition) is 9. The summed E-state index contributed by atoms with van der Waals surface area (Å²) in [7, 11) is 1.80. The fourth-order valence-electron chi connectivity index (χ4n) is 7.25. The second-order valence-corrected chi connectivity index (χ2v) is 12.4. The Morgan fingerprint density at radius 1 is 1.20 bits per heavy atom. The maximum Gasteiger partial charge on any atom is 0.418 e. The second-order valence-electron chi connectivity index (χ2n) is 12.0. The van der Waals surface area contributed by atoms with Crippen LogP contribution in [0.4, 0.5) is 33.5 Å². The summed E-state index contributed by atoms with van der Waals surface area (Å²) in [5.41, 5.74) is 2.27. The highest BCUT2D eigenvalue weighted by Gasteiger charge is 2.49. The lowest BCUT2D eigenvalue weighted by Crippen LogP contribution is -2.47. The number of nitrogens with zero attached hydrogens (tertiary/aromatic N) is 5. The van der Waals surface area contributed by atoms with E-state index in [0.717, 1.165) is 31.5 Å². The molecule has 236 valence electrons. The molecule has 1 aromatic carbocycles. The van der Waals surface area contributed by atoms with Gasteiger partial charge in [-0.2, -0.15) is 23.1 Å². The van der Waals surface area contributed by atoms with Crippen LogP contribution in [0, 0.1) is 11.7 Å². The molecule has 3 fully saturated rings. The molecule has 3 aromatic rings. The molecule has 0 aliphatic carbocycles. The van der Waals surface area contributed by atoms with Gasteiger partial charge in [0.05, 0.1) is 29.3 Å². The number of halogens is 6. The predicted octanol–water partition coefficient (Wildman–Crippen LogP) is 5.27. The molecule has 7 rings (SSSR count). The molecule has 0 saturated carbocycles. The van der Waals surface area contributed by atoms with Gasteiger partial charge in [-0.3, -0.25) is 4.90 Å². The molecule has 4 aliphatic heterocycles. The molecule has 6 heterocycles. The first-order chi connectivity index (χ1) is 20.9. The molecule has 4 aliphatic rings. The zero-order valence-electron chi connectivity index (χ0n) is 23.8. The predicted molar refractivity (Wildman–Crippen MR) is 152 cm³/mol. The first-order valence-corrected chi connectivity index (χ1v) is 14.9. The number of aromatic nitrogens is 3. The van der Waals surface area contributed by atoms with Crippen LogP contribution >= 0.6 is 11.6 Å². The summed E-state index contributed by atoms with van der Waals surface area (Å²) in [4.78, 5) is 17.2. The smallest absolute Gasteiger partial charge is 0.418 e. The van der Waals surface area contributed by atoms with Crippen molar-refractivity contribution < 1.29 is 36.2 Å². The van der Waals surface area contributed by atoms with Crippen LogP contribution < -0.4 is 20.1 Å². The Kier molecular flexibility index (Phi) is 7.16. The summed E-state index contributed by atoms with van der Waals surface area (Å²) in [6, 6.07) is 1.64. The monoisotopic (exact) mass is 640 g/mol. The van der Waals surface area contributed by atoms with Crippen molar-refractivity contribution in [1.82, 2.24) is 19.9 Å². The third kappa shape index (κ3) is 4.85. The van der Waals surface area contributed by atoms with Gasteiger partial charge in [0.2, 0.25) is 5.88 Å². The van der Waals surface area contributed by atoms with Gasteiger partial charge in [0.1, 0.15) is 35.2 Å². The van der Waals surface area contributed by atoms with Gasteiger partial charge in [0.15, 0.2) is 5.82 Å². The lowest BCUT2D eigenvalue weighted by molar-refractivity contribution is -0.137. The van der Waals surface area contributed by atoms with E-state index in [1.165, 1.54) is 0 Å². The van der Waals surface area contributed by atoms with Crippen molar-refractivity contribution in [3.8, 4) is 23.1 Å². The quantitative estimate of drug-likeness (QED) is 0.302. The molecule has 2 aromatic heterocycles. The number of fused-ring (bicyclic) bond motifs is 2. The van der Waals surface area contributed by atoms with Crippen LogP contribution in [0.3, 0.4) is 0 Å². The molecule has 44 heavy (non-hydrogen) atoms. The third-order valence-electron chi connectivity index (χ3n) is 9.29. The number of rotatable bonds is 4. The number of benzene rings is 1. The Hall–Kier alpha value is -3.23. The molecule has 3 saturated heterocycles. The van der Waals surface area contributed by atoms with Crippen LogP contribution in [0.2, 0.25) is 5.02 Å². The van der Waals surface area contributed by atoms with Crippen LogP contribution in [0.25, 0.3) is 22.2 Å². The highest BCUT2D eigenvalue weighted by Crippen LogP contribution is 2.47. The van der Waals surface area contributed by atoms with Gasteiger partial charge in [-0.1, -0.05) is 11.6 Å². The molecule has 15 heteroatoms. The Labute approximate surface area is 254 Å². The minimum atomic E-state index is -4.95. The number of nitrogens with two attached hydrogens (primary N) is 1. The van der Waals surface area contributed by atoms with E-state index in [2.05, 4.69) is 19.9 Å². The average Bonchev–Trinajstić information content (AvgIpc) is 3.49.